The molecule has 0 radical (unpaired) electrons. The fraction of sp³-hybridized carbons (Fsp3) is 0.350. The number of benzene rings is 2. The number of nitrogens with zero attached hydrogens (tertiary/aromatic N) is 2. The van der Waals surface area contributed by atoms with Gasteiger partial charge in [0.25, 0.3) is 5.91 Å². The number of alkyl halides is 3. The maximum absolute atomic E-state index is 13.4. The van der Waals surface area contributed by atoms with Gasteiger partial charge in [-0.2, -0.15) is 13.2 Å². The maximum Gasteiger partial charge on any atom is 0.419 e. The highest BCUT2D eigenvalue weighted by Crippen LogP contribution is 2.34. The lowest BCUT2D eigenvalue weighted by molar-refractivity contribution is -0.140. The minimum atomic E-state index is -4.87. The normalized spacial score (nSPS) is 16.7. The van der Waals surface area contributed by atoms with Crippen molar-refractivity contribution in [1.29, 1.82) is 0 Å². The standard InChI is InChI=1S/C20H20F4N2O4S/c1-13(30-15-4-7-18(21)17(12-15)20(22,23)24)19(27)26-10-8-25(9-11-26)14-2-5-16(6-3-14)31(28)29/h2-7,12-13H,8-11H2,1H3,(H,28,29)/p-1. The van der Waals surface area contributed by atoms with Gasteiger partial charge in [0.2, 0.25) is 0 Å². The molecule has 1 heterocycles. The summed E-state index contributed by atoms with van der Waals surface area (Å²) in [4.78, 5) is 16.3. The quantitative estimate of drug-likeness (QED) is 0.507. The zero-order chi connectivity index (χ0) is 22.8. The van der Waals surface area contributed by atoms with Crippen LogP contribution in [0.2, 0.25) is 0 Å². The molecule has 1 saturated heterocycles. The summed E-state index contributed by atoms with van der Waals surface area (Å²) < 4.78 is 79.2. The molecule has 2 atom stereocenters. The van der Waals surface area contributed by atoms with E-state index in [0.717, 1.165) is 11.8 Å². The Hall–Kier alpha value is -2.66. The molecule has 0 bridgehead atoms. The number of ether oxygens (including phenoxy) is 1. The van der Waals surface area contributed by atoms with Gasteiger partial charge in [-0.05, 0) is 60.5 Å². The molecule has 0 aromatic heterocycles. The van der Waals surface area contributed by atoms with Crippen LogP contribution in [0.4, 0.5) is 23.2 Å². The van der Waals surface area contributed by atoms with Gasteiger partial charge in [-0.25, -0.2) is 4.39 Å². The van der Waals surface area contributed by atoms with Crippen LogP contribution in [0.15, 0.2) is 47.4 Å². The van der Waals surface area contributed by atoms with Crippen molar-refractivity contribution < 1.29 is 35.9 Å². The van der Waals surface area contributed by atoms with Gasteiger partial charge < -0.3 is 19.1 Å². The second-order valence-corrected chi connectivity index (χ2v) is 7.88. The van der Waals surface area contributed by atoms with Crippen LogP contribution < -0.4 is 9.64 Å². The number of halogens is 4. The Morgan fingerprint density at radius 3 is 2.26 bits per heavy atom. The molecule has 6 nitrogen and oxygen atoms in total. The van der Waals surface area contributed by atoms with Gasteiger partial charge in [-0.15, -0.1) is 0 Å². The minimum absolute atomic E-state index is 0.179. The highest BCUT2D eigenvalue weighted by molar-refractivity contribution is 7.79. The zero-order valence-corrected chi connectivity index (χ0v) is 17.2. The average molecular weight is 459 g/mol. The van der Waals surface area contributed by atoms with Gasteiger partial charge in [0, 0.05) is 36.8 Å². The first-order valence-corrected chi connectivity index (χ1v) is 10.4. The van der Waals surface area contributed by atoms with Crippen molar-refractivity contribution in [2.75, 3.05) is 31.1 Å². The summed E-state index contributed by atoms with van der Waals surface area (Å²) in [5.41, 5.74) is -0.637. The highest BCUT2D eigenvalue weighted by atomic mass is 32.2. The molecule has 2 unspecified atom stereocenters. The van der Waals surface area contributed by atoms with Crippen LogP contribution in [0.1, 0.15) is 12.5 Å². The SMILES string of the molecule is CC(Oc1ccc(F)c(C(F)(F)F)c1)C(=O)N1CCN(c2ccc(S(=O)[O-])cc2)CC1. The number of rotatable bonds is 5. The molecule has 3 rings (SSSR count). The molecule has 1 fully saturated rings. The van der Waals surface area contributed by atoms with E-state index in [1.54, 1.807) is 12.1 Å². The van der Waals surface area contributed by atoms with Crippen LogP contribution in [0.5, 0.6) is 5.75 Å². The number of carbonyl (C=O) groups is 1. The Morgan fingerprint density at radius 1 is 1.10 bits per heavy atom. The summed E-state index contributed by atoms with van der Waals surface area (Å²) in [6, 6.07) is 8.58. The molecular weight excluding hydrogens is 440 g/mol. The Bertz CT molecular complexity index is 961. The first-order chi connectivity index (χ1) is 14.6. The van der Waals surface area contributed by atoms with Crippen molar-refractivity contribution in [3.05, 3.63) is 53.8 Å². The van der Waals surface area contributed by atoms with Crippen molar-refractivity contribution >= 4 is 22.7 Å². The van der Waals surface area contributed by atoms with Crippen molar-refractivity contribution in [3.63, 3.8) is 0 Å². The lowest BCUT2D eigenvalue weighted by Gasteiger charge is -2.37. The fourth-order valence-electron chi connectivity index (χ4n) is 3.26. The van der Waals surface area contributed by atoms with Crippen LogP contribution in [-0.2, 0) is 22.1 Å². The second-order valence-electron chi connectivity index (χ2n) is 6.94. The van der Waals surface area contributed by atoms with Crippen LogP contribution >= 0.6 is 0 Å². The fourth-order valence-corrected chi connectivity index (χ4v) is 3.62. The van der Waals surface area contributed by atoms with Gasteiger partial charge in [-0.3, -0.25) is 9.00 Å². The second kappa shape index (κ2) is 9.23. The Balaban J connectivity index is 1.58. The Morgan fingerprint density at radius 2 is 1.71 bits per heavy atom. The van der Waals surface area contributed by atoms with Crippen molar-refractivity contribution in [3.8, 4) is 5.75 Å². The molecule has 0 saturated carbocycles. The predicted octanol–water partition coefficient (Wildman–Crippen LogP) is 3.20. The van der Waals surface area contributed by atoms with Crippen LogP contribution in [0.25, 0.3) is 0 Å². The molecule has 0 N–H and O–H groups in total. The predicted molar refractivity (Wildman–Crippen MR) is 104 cm³/mol. The summed E-state index contributed by atoms with van der Waals surface area (Å²) in [6.07, 6.45) is -5.92. The van der Waals surface area contributed by atoms with Crippen LogP contribution in [0, 0.1) is 5.82 Å². The number of anilines is 1. The van der Waals surface area contributed by atoms with E-state index in [2.05, 4.69) is 0 Å². The Labute approximate surface area is 178 Å². The molecule has 1 aliphatic rings. The third kappa shape index (κ3) is 5.53. The number of hydrogen-bond acceptors (Lipinski definition) is 5. The average Bonchev–Trinajstić information content (AvgIpc) is 2.74. The molecule has 31 heavy (non-hydrogen) atoms. The smallest absolute Gasteiger partial charge is 0.419 e. The molecule has 2 aromatic carbocycles. The maximum atomic E-state index is 13.4. The number of amides is 1. The van der Waals surface area contributed by atoms with E-state index >= 15 is 0 Å². The lowest BCUT2D eigenvalue weighted by Crippen LogP contribution is -2.52. The van der Waals surface area contributed by atoms with Gasteiger partial charge in [-0.1, -0.05) is 0 Å². The number of carbonyl (C=O) groups excluding carboxylic acids is 1. The lowest BCUT2D eigenvalue weighted by atomic mass is 10.2. The molecule has 11 heteroatoms. The third-order valence-electron chi connectivity index (χ3n) is 4.89. The molecule has 0 spiro atoms. The molecule has 1 amide bonds. The number of piperazine rings is 1. The first kappa shape index (κ1) is 23.0. The van der Waals surface area contributed by atoms with Crippen LogP contribution in [-0.4, -0.2) is 51.9 Å². The van der Waals surface area contributed by atoms with Gasteiger partial charge in [0.15, 0.2) is 6.10 Å². The highest BCUT2D eigenvalue weighted by Gasteiger charge is 2.35. The van der Waals surface area contributed by atoms with E-state index in [9.17, 15) is 31.1 Å². The zero-order valence-electron chi connectivity index (χ0n) is 16.4. The van der Waals surface area contributed by atoms with E-state index < -0.39 is 40.6 Å². The van der Waals surface area contributed by atoms with Crippen LogP contribution in [0.3, 0.4) is 0 Å². The number of hydrogen-bond donors (Lipinski definition) is 0. The van der Waals surface area contributed by atoms with Crippen molar-refractivity contribution in [1.82, 2.24) is 4.90 Å². The molecule has 168 valence electrons. The molecule has 0 aliphatic carbocycles. The summed E-state index contributed by atoms with van der Waals surface area (Å²) in [7, 11) is 0. The van der Waals surface area contributed by atoms with Gasteiger partial charge in [0.05, 0.1) is 5.56 Å². The third-order valence-corrected chi connectivity index (χ3v) is 5.55. The topological polar surface area (TPSA) is 72.9 Å². The summed E-state index contributed by atoms with van der Waals surface area (Å²) in [6.45, 7) is 3.13. The van der Waals surface area contributed by atoms with Crippen molar-refractivity contribution in [2.45, 2.75) is 24.1 Å². The minimum Gasteiger partial charge on any atom is -0.768 e. The molecule has 1 aliphatic heterocycles. The van der Waals surface area contributed by atoms with E-state index in [1.807, 2.05) is 4.90 Å². The summed E-state index contributed by atoms with van der Waals surface area (Å²) >= 11 is -2.30. The van der Waals surface area contributed by atoms with Gasteiger partial charge >= 0.3 is 6.18 Å². The van der Waals surface area contributed by atoms with E-state index in [4.69, 9.17) is 4.74 Å². The van der Waals surface area contributed by atoms with Gasteiger partial charge in [0.1, 0.15) is 11.6 Å². The largest absolute Gasteiger partial charge is 0.768 e. The molecule has 2 aromatic rings. The monoisotopic (exact) mass is 459 g/mol. The summed E-state index contributed by atoms with van der Waals surface area (Å²) in [5, 5.41) is 0. The van der Waals surface area contributed by atoms with E-state index in [-0.39, 0.29) is 10.6 Å². The molecular formula is C20H19F4N2O4S-. The van der Waals surface area contributed by atoms with E-state index in [0.29, 0.717) is 38.3 Å². The van der Waals surface area contributed by atoms with Crippen molar-refractivity contribution in [2.24, 2.45) is 0 Å². The first-order valence-electron chi connectivity index (χ1n) is 9.32. The van der Waals surface area contributed by atoms with E-state index in [1.165, 1.54) is 24.0 Å². The summed E-state index contributed by atoms with van der Waals surface area (Å²) in [5.74, 6) is -2.05. The Kier molecular flexibility index (Phi) is 6.85.